The van der Waals surface area contributed by atoms with Crippen molar-refractivity contribution in [1.82, 2.24) is 10.3 Å². The highest BCUT2D eigenvalue weighted by Crippen LogP contribution is 2.24. The maximum Gasteiger partial charge on any atom is 0.188 e. The fourth-order valence-corrected chi connectivity index (χ4v) is 1.51. The molecule has 5 heteroatoms. The average Bonchev–Trinajstić information content (AvgIpc) is 2.37. The van der Waals surface area contributed by atoms with Gasteiger partial charge in [0.05, 0.1) is 0 Å². The summed E-state index contributed by atoms with van der Waals surface area (Å²) < 4.78 is 0. The Bertz CT molecular complexity index is 441. The standard InChI is InChI=1S/C14H24N4O/c1-10(2)14(3,4)9-16-8-11-5-6-17-12(7-11)13(15)18-19/h5-7,10,16,19H,8-9H2,1-4H3,(H2,15,18). The van der Waals surface area contributed by atoms with Gasteiger partial charge in [-0.05, 0) is 29.0 Å². The molecule has 4 N–H and O–H groups in total. The molecule has 0 spiro atoms. The van der Waals surface area contributed by atoms with Crippen LogP contribution >= 0.6 is 0 Å². The molecule has 5 nitrogen and oxygen atoms in total. The lowest BCUT2D eigenvalue weighted by Gasteiger charge is -2.29. The molecule has 0 fully saturated rings. The van der Waals surface area contributed by atoms with E-state index in [0.717, 1.165) is 18.7 Å². The molecule has 0 atom stereocenters. The zero-order chi connectivity index (χ0) is 14.5. The number of aromatic nitrogens is 1. The molecule has 0 aliphatic carbocycles. The smallest absolute Gasteiger partial charge is 0.188 e. The molecule has 0 amide bonds. The van der Waals surface area contributed by atoms with E-state index in [0.29, 0.717) is 11.6 Å². The van der Waals surface area contributed by atoms with E-state index in [9.17, 15) is 0 Å². The summed E-state index contributed by atoms with van der Waals surface area (Å²) in [5.74, 6) is 0.648. The first-order chi connectivity index (χ1) is 8.86. The topological polar surface area (TPSA) is 83.5 Å². The molecule has 0 aliphatic rings. The Morgan fingerprint density at radius 1 is 1.53 bits per heavy atom. The van der Waals surface area contributed by atoms with E-state index in [4.69, 9.17) is 10.9 Å². The predicted molar refractivity (Wildman–Crippen MR) is 77.1 cm³/mol. The van der Waals surface area contributed by atoms with E-state index < -0.39 is 0 Å². The number of nitrogens with zero attached hydrogens (tertiary/aromatic N) is 2. The Labute approximate surface area is 114 Å². The molecule has 1 rings (SSSR count). The quantitative estimate of drug-likeness (QED) is 0.317. The van der Waals surface area contributed by atoms with Crippen LogP contribution in [-0.4, -0.2) is 22.6 Å². The van der Waals surface area contributed by atoms with Crippen LogP contribution in [0.2, 0.25) is 0 Å². The largest absolute Gasteiger partial charge is 0.409 e. The van der Waals surface area contributed by atoms with Gasteiger partial charge < -0.3 is 16.3 Å². The SMILES string of the molecule is CC(C)C(C)(C)CNCc1ccnc(/C(N)=N/O)c1. The summed E-state index contributed by atoms with van der Waals surface area (Å²) in [6.07, 6.45) is 1.66. The van der Waals surface area contributed by atoms with Crippen LogP contribution in [0.25, 0.3) is 0 Å². The normalized spacial score (nSPS) is 13.0. The Morgan fingerprint density at radius 2 is 2.21 bits per heavy atom. The molecular weight excluding hydrogens is 240 g/mol. The number of hydrogen-bond acceptors (Lipinski definition) is 4. The average molecular weight is 264 g/mol. The summed E-state index contributed by atoms with van der Waals surface area (Å²) in [5, 5.41) is 15.0. The third-order valence-corrected chi connectivity index (χ3v) is 3.67. The molecule has 1 aromatic heterocycles. The summed E-state index contributed by atoms with van der Waals surface area (Å²) in [4.78, 5) is 4.05. The zero-order valence-corrected chi connectivity index (χ0v) is 12.1. The molecule has 0 aromatic carbocycles. The van der Waals surface area contributed by atoms with Gasteiger partial charge in [0.2, 0.25) is 0 Å². The van der Waals surface area contributed by atoms with Gasteiger partial charge in [-0.2, -0.15) is 0 Å². The number of nitrogens with two attached hydrogens (primary N) is 1. The highest BCUT2D eigenvalue weighted by Gasteiger charge is 2.21. The second kappa shape index (κ2) is 6.52. The first-order valence-corrected chi connectivity index (χ1v) is 6.50. The summed E-state index contributed by atoms with van der Waals surface area (Å²) in [7, 11) is 0. The van der Waals surface area contributed by atoms with Crippen LogP contribution in [0.5, 0.6) is 0 Å². The first kappa shape index (κ1) is 15.4. The molecule has 0 radical (unpaired) electrons. The van der Waals surface area contributed by atoms with Crippen LogP contribution in [0.4, 0.5) is 0 Å². The Balaban J connectivity index is 2.60. The van der Waals surface area contributed by atoms with E-state index in [1.165, 1.54) is 0 Å². The van der Waals surface area contributed by atoms with Gasteiger partial charge in [0, 0.05) is 19.3 Å². The molecule has 0 bridgehead atoms. The minimum absolute atomic E-state index is 0.0318. The Hall–Kier alpha value is -1.62. The van der Waals surface area contributed by atoms with Crippen LogP contribution in [0.3, 0.4) is 0 Å². The van der Waals surface area contributed by atoms with E-state index in [1.807, 2.05) is 12.1 Å². The molecule has 106 valence electrons. The Morgan fingerprint density at radius 3 is 2.79 bits per heavy atom. The van der Waals surface area contributed by atoms with Gasteiger partial charge >= 0.3 is 0 Å². The molecule has 0 unspecified atom stereocenters. The lowest BCUT2D eigenvalue weighted by Crippen LogP contribution is -2.33. The van der Waals surface area contributed by atoms with Crippen molar-refractivity contribution in [2.45, 2.75) is 34.2 Å². The lowest BCUT2D eigenvalue weighted by molar-refractivity contribution is 0.238. The monoisotopic (exact) mass is 264 g/mol. The van der Waals surface area contributed by atoms with Crippen molar-refractivity contribution in [2.24, 2.45) is 22.2 Å². The molecule has 19 heavy (non-hydrogen) atoms. The minimum Gasteiger partial charge on any atom is -0.409 e. The highest BCUT2D eigenvalue weighted by molar-refractivity contribution is 5.95. The fraction of sp³-hybridized carbons (Fsp3) is 0.571. The van der Waals surface area contributed by atoms with Crippen molar-refractivity contribution in [1.29, 1.82) is 0 Å². The van der Waals surface area contributed by atoms with Crippen molar-refractivity contribution in [3.63, 3.8) is 0 Å². The van der Waals surface area contributed by atoms with Gasteiger partial charge in [-0.3, -0.25) is 4.98 Å². The van der Waals surface area contributed by atoms with E-state index >= 15 is 0 Å². The number of amidine groups is 1. The van der Waals surface area contributed by atoms with Crippen molar-refractivity contribution < 1.29 is 5.21 Å². The molecular formula is C14H24N4O. The van der Waals surface area contributed by atoms with Crippen LogP contribution in [0.15, 0.2) is 23.5 Å². The van der Waals surface area contributed by atoms with Gasteiger partial charge in [-0.15, -0.1) is 0 Å². The van der Waals surface area contributed by atoms with Crippen LogP contribution in [0.1, 0.15) is 39.0 Å². The van der Waals surface area contributed by atoms with Gasteiger partial charge in [0.25, 0.3) is 0 Å². The number of nitrogens with one attached hydrogen (secondary N) is 1. The molecule has 0 saturated heterocycles. The fourth-order valence-electron chi connectivity index (χ4n) is 1.51. The van der Waals surface area contributed by atoms with Crippen molar-refractivity contribution in [3.05, 3.63) is 29.6 Å². The van der Waals surface area contributed by atoms with Crippen molar-refractivity contribution in [3.8, 4) is 0 Å². The summed E-state index contributed by atoms with van der Waals surface area (Å²) in [5.41, 5.74) is 7.33. The number of oxime groups is 1. The van der Waals surface area contributed by atoms with Gasteiger partial charge in [0.1, 0.15) is 5.69 Å². The van der Waals surface area contributed by atoms with Crippen LogP contribution in [0, 0.1) is 11.3 Å². The van der Waals surface area contributed by atoms with Crippen LogP contribution in [-0.2, 0) is 6.54 Å². The molecule has 0 aliphatic heterocycles. The minimum atomic E-state index is 0.0318. The van der Waals surface area contributed by atoms with E-state index in [1.54, 1.807) is 6.20 Å². The maximum absolute atomic E-state index is 8.63. The summed E-state index contributed by atoms with van der Waals surface area (Å²) in [6.45, 7) is 10.6. The van der Waals surface area contributed by atoms with Gasteiger partial charge in [-0.1, -0.05) is 32.9 Å². The second-order valence-electron chi connectivity index (χ2n) is 5.78. The number of rotatable bonds is 6. The molecule has 0 saturated carbocycles. The highest BCUT2D eigenvalue weighted by atomic mass is 16.4. The van der Waals surface area contributed by atoms with Crippen LogP contribution < -0.4 is 11.1 Å². The molecule has 1 aromatic rings. The number of pyridine rings is 1. The third-order valence-electron chi connectivity index (χ3n) is 3.67. The van der Waals surface area contributed by atoms with Crippen molar-refractivity contribution >= 4 is 5.84 Å². The number of hydrogen-bond donors (Lipinski definition) is 3. The lowest BCUT2D eigenvalue weighted by atomic mass is 9.81. The molecule has 1 heterocycles. The van der Waals surface area contributed by atoms with Crippen molar-refractivity contribution in [2.75, 3.05) is 6.54 Å². The third kappa shape index (κ3) is 4.52. The second-order valence-corrected chi connectivity index (χ2v) is 5.78. The van der Waals surface area contributed by atoms with E-state index in [2.05, 4.69) is 43.2 Å². The van der Waals surface area contributed by atoms with E-state index in [-0.39, 0.29) is 11.3 Å². The predicted octanol–water partition coefficient (Wildman–Crippen LogP) is 1.95. The first-order valence-electron chi connectivity index (χ1n) is 6.50. The van der Waals surface area contributed by atoms with Gasteiger partial charge in [-0.25, -0.2) is 0 Å². The zero-order valence-electron chi connectivity index (χ0n) is 12.1. The Kier molecular flexibility index (Phi) is 5.30. The maximum atomic E-state index is 8.63. The summed E-state index contributed by atoms with van der Waals surface area (Å²) >= 11 is 0. The summed E-state index contributed by atoms with van der Waals surface area (Å²) in [6, 6.07) is 3.74. The van der Waals surface area contributed by atoms with Gasteiger partial charge in [0.15, 0.2) is 5.84 Å².